The monoisotopic (exact) mass is 399 g/mol. The highest BCUT2D eigenvalue weighted by molar-refractivity contribution is 9.10. The van der Waals surface area contributed by atoms with Crippen molar-refractivity contribution in [1.82, 2.24) is 9.78 Å². The maximum absolute atomic E-state index is 12.7. The van der Waals surface area contributed by atoms with E-state index in [1.807, 2.05) is 62.4 Å². The van der Waals surface area contributed by atoms with E-state index in [1.54, 1.807) is 10.9 Å². The van der Waals surface area contributed by atoms with Gasteiger partial charge in [-0.2, -0.15) is 5.10 Å². The predicted octanol–water partition coefficient (Wildman–Crippen LogP) is 4.59. The molecule has 1 N–H and O–H groups in total. The topological polar surface area (TPSA) is 56.1 Å². The lowest BCUT2D eigenvalue weighted by molar-refractivity contribution is 0.102. The molecule has 128 valence electrons. The Hall–Kier alpha value is -2.60. The van der Waals surface area contributed by atoms with E-state index in [4.69, 9.17) is 4.74 Å². The Balaban J connectivity index is 1.87. The minimum Gasteiger partial charge on any atom is -0.492 e. The van der Waals surface area contributed by atoms with E-state index in [9.17, 15) is 4.79 Å². The lowest BCUT2D eigenvalue weighted by Crippen LogP contribution is -2.13. The number of aromatic nitrogens is 2. The number of para-hydroxylation sites is 1. The molecule has 0 aliphatic heterocycles. The van der Waals surface area contributed by atoms with Crippen molar-refractivity contribution in [2.45, 2.75) is 13.8 Å². The third kappa shape index (κ3) is 3.91. The van der Waals surface area contributed by atoms with Crippen molar-refractivity contribution in [3.8, 4) is 11.4 Å². The molecule has 1 amide bonds. The number of aryl methyl sites for hydroxylation is 1. The van der Waals surface area contributed by atoms with Gasteiger partial charge in [0.2, 0.25) is 0 Å². The van der Waals surface area contributed by atoms with Crippen molar-refractivity contribution < 1.29 is 9.53 Å². The number of hydrogen-bond acceptors (Lipinski definition) is 3. The number of nitrogens with one attached hydrogen (secondary N) is 1. The third-order valence-corrected chi connectivity index (χ3v) is 4.15. The molecule has 1 heterocycles. The summed E-state index contributed by atoms with van der Waals surface area (Å²) >= 11 is 3.42. The number of halogens is 1. The molecule has 0 radical (unpaired) electrons. The molecule has 1 aromatic heterocycles. The average Bonchev–Trinajstić information content (AvgIpc) is 3.00. The molecule has 0 saturated carbocycles. The summed E-state index contributed by atoms with van der Waals surface area (Å²) < 4.78 is 8.14. The van der Waals surface area contributed by atoms with Gasteiger partial charge in [-0.05, 0) is 44.2 Å². The lowest BCUT2D eigenvalue weighted by atomic mass is 10.2. The van der Waals surface area contributed by atoms with E-state index in [0.29, 0.717) is 29.3 Å². The fraction of sp³-hybridized carbons (Fsp3) is 0.158. The smallest absolute Gasteiger partial charge is 0.259 e. The Labute approximate surface area is 154 Å². The number of hydrogen-bond donors (Lipinski definition) is 1. The molecular weight excluding hydrogens is 382 g/mol. The zero-order valence-electron chi connectivity index (χ0n) is 14.0. The molecule has 0 unspecified atom stereocenters. The number of nitrogens with zero attached hydrogens (tertiary/aromatic N) is 2. The van der Waals surface area contributed by atoms with Crippen LogP contribution in [0.3, 0.4) is 0 Å². The maximum atomic E-state index is 12.7. The Bertz CT molecular complexity index is 891. The van der Waals surface area contributed by atoms with Crippen molar-refractivity contribution in [3.63, 3.8) is 0 Å². The highest BCUT2D eigenvalue weighted by atomic mass is 79.9. The number of rotatable bonds is 5. The second-order valence-corrected chi connectivity index (χ2v) is 6.35. The van der Waals surface area contributed by atoms with Gasteiger partial charge in [0.1, 0.15) is 5.75 Å². The molecule has 0 atom stereocenters. The van der Waals surface area contributed by atoms with Gasteiger partial charge in [0.15, 0.2) is 0 Å². The van der Waals surface area contributed by atoms with Crippen LogP contribution in [-0.2, 0) is 0 Å². The van der Waals surface area contributed by atoms with Crippen molar-refractivity contribution in [2.75, 3.05) is 11.9 Å². The number of anilines is 1. The van der Waals surface area contributed by atoms with E-state index in [1.165, 1.54) is 0 Å². The van der Waals surface area contributed by atoms with Crippen LogP contribution in [0.2, 0.25) is 0 Å². The van der Waals surface area contributed by atoms with Gasteiger partial charge in [0, 0.05) is 10.7 Å². The van der Waals surface area contributed by atoms with E-state index in [2.05, 4.69) is 26.3 Å². The van der Waals surface area contributed by atoms with Crippen LogP contribution in [-0.4, -0.2) is 22.3 Å². The van der Waals surface area contributed by atoms with Crippen molar-refractivity contribution in [1.29, 1.82) is 0 Å². The van der Waals surface area contributed by atoms with E-state index in [-0.39, 0.29) is 5.91 Å². The van der Waals surface area contributed by atoms with Crippen LogP contribution in [0.15, 0.2) is 59.2 Å². The van der Waals surface area contributed by atoms with E-state index < -0.39 is 0 Å². The molecule has 0 spiro atoms. The number of carbonyl (C=O) groups excluding carboxylic acids is 1. The highest BCUT2D eigenvalue weighted by Gasteiger charge is 2.16. The molecule has 0 saturated heterocycles. The summed E-state index contributed by atoms with van der Waals surface area (Å²) in [5.41, 5.74) is 2.70. The Kier molecular flexibility index (Phi) is 5.19. The minimum atomic E-state index is -0.223. The molecular formula is C19H18BrN3O2. The summed E-state index contributed by atoms with van der Waals surface area (Å²) in [5.74, 6) is 0.408. The molecule has 6 heteroatoms. The van der Waals surface area contributed by atoms with Crippen molar-refractivity contribution in [3.05, 3.63) is 70.5 Å². The molecule has 3 aromatic rings. The average molecular weight is 400 g/mol. The zero-order valence-corrected chi connectivity index (χ0v) is 15.6. The summed E-state index contributed by atoms with van der Waals surface area (Å²) in [5, 5.41) is 7.35. The Morgan fingerprint density at radius 1 is 1.24 bits per heavy atom. The van der Waals surface area contributed by atoms with Crippen LogP contribution in [0.5, 0.6) is 5.75 Å². The predicted molar refractivity (Wildman–Crippen MR) is 102 cm³/mol. The van der Waals surface area contributed by atoms with Crippen molar-refractivity contribution in [2.24, 2.45) is 0 Å². The van der Waals surface area contributed by atoms with Gasteiger partial charge in [0.25, 0.3) is 5.91 Å². The van der Waals surface area contributed by atoms with Crippen molar-refractivity contribution >= 4 is 27.5 Å². The molecule has 0 fully saturated rings. The lowest BCUT2D eigenvalue weighted by Gasteiger charge is -2.11. The number of benzene rings is 2. The summed E-state index contributed by atoms with van der Waals surface area (Å²) in [6.45, 7) is 4.25. The molecule has 2 aromatic carbocycles. The highest BCUT2D eigenvalue weighted by Crippen LogP contribution is 2.29. The van der Waals surface area contributed by atoms with Crippen LogP contribution in [0.25, 0.3) is 5.69 Å². The minimum absolute atomic E-state index is 0.223. The van der Waals surface area contributed by atoms with Gasteiger partial charge < -0.3 is 10.1 Å². The normalized spacial score (nSPS) is 10.5. The van der Waals surface area contributed by atoms with Crippen LogP contribution in [0.4, 0.5) is 5.69 Å². The maximum Gasteiger partial charge on any atom is 0.259 e. The molecule has 0 aliphatic carbocycles. The zero-order chi connectivity index (χ0) is 17.8. The summed E-state index contributed by atoms with van der Waals surface area (Å²) in [6.07, 6.45) is 1.73. The fourth-order valence-corrected chi connectivity index (χ4v) is 2.83. The second-order valence-electron chi connectivity index (χ2n) is 5.44. The third-order valence-electron chi connectivity index (χ3n) is 3.65. The SMILES string of the molecule is CCOc1ccc(Br)cc1NC(=O)c1cn(-c2ccccc2)nc1C. The van der Waals surface area contributed by atoms with Gasteiger partial charge in [-0.1, -0.05) is 34.1 Å². The van der Waals surface area contributed by atoms with Gasteiger partial charge in [-0.3, -0.25) is 4.79 Å². The van der Waals surface area contributed by atoms with Gasteiger partial charge in [-0.25, -0.2) is 4.68 Å². The van der Waals surface area contributed by atoms with Crippen LogP contribution < -0.4 is 10.1 Å². The van der Waals surface area contributed by atoms with Gasteiger partial charge in [0.05, 0.1) is 29.2 Å². The number of carbonyl (C=O) groups is 1. The molecule has 0 bridgehead atoms. The quantitative estimate of drug-likeness (QED) is 0.682. The summed E-state index contributed by atoms with van der Waals surface area (Å²) in [6, 6.07) is 15.2. The standard InChI is InChI=1S/C19H18BrN3O2/c1-3-25-18-10-9-14(20)11-17(18)21-19(24)16-12-23(22-13(16)2)15-7-5-4-6-8-15/h4-12H,3H2,1-2H3,(H,21,24). The fourth-order valence-electron chi connectivity index (χ4n) is 2.47. The number of amides is 1. The Morgan fingerprint density at radius 2 is 2.00 bits per heavy atom. The van der Waals surface area contributed by atoms with E-state index >= 15 is 0 Å². The first-order chi connectivity index (χ1) is 12.1. The van der Waals surface area contributed by atoms with Crippen LogP contribution >= 0.6 is 15.9 Å². The summed E-state index contributed by atoms with van der Waals surface area (Å²) in [7, 11) is 0. The molecule has 3 rings (SSSR count). The van der Waals surface area contributed by atoms with Gasteiger partial charge in [-0.15, -0.1) is 0 Å². The van der Waals surface area contributed by atoms with Crippen LogP contribution in [0.1, 0.15) is 23.0 Å². The molecule has 25 heavy (non-hydrogen) atoms. The molecule has 0 aliphatic rings. The molecule has 5 nitrogen and oxygen atoms in total. The first-order valence-electron chi connectivity index (χ1n) is 7.94. The Morgan fingerprint density at radius 3 is 2.72 bits per heavy atom. The van der Waals surface area contributed by atoms with Crippen LogP contribution in [0, 0.1) is 6.92 Å². The first kappa shape index (κ1) is 17.2. The van der Waals surface area contributed by atoms with Gasteiger partial charge >= 0.3 is 0 Å². The summed E-state index contributed by atoms with van der Waals surface area (Å²) in [4.78, 5) is 12.7. The largest absolute Gasteiger partial charge is 0.492 e. The number of ether oxygens (including phenoxy) is 1. The van der Waals surface area contributed by atoms with E-state index in [0.717, 1.165) is 10.2 Å². The first-order valence-corrected chi connectivity index (χ1v) is 8.73. The second kappa shape index (κ2) is 7.53.